The minimum absolute atomic E-state index is 0.712. The summed E-state index contributed by atoms with van der Waals surface area (Å²) < 4.78 is 6.64. The van der Waals surface area contributed by atoms with Crippen molar-refractivity contribution in [2.45, 2.75) is 18.6 Å². The van der Waals surface area contributed by atoms with Crippen molar-refractivity contribution in [2.24, 2.45) is 0 Å². The lowest BCUT2D eigenvalue weighted by molar-refractivity contribution is 0.538. The van der Waals surface area contributed by atoms with Gasteiger partial charge in [0.25, 0.3) is 0 Å². The number of aromatic nitrogens is 1. The molecule has 0 atom stereocenters. The first-order valence-electron chi connectivity index (χ1n) is 6.09. The Labute approximate surface area is 116 Å². The van der Waals surface area contributed by atoms with Gasteiger partial charge in [-0.05, 0) is 25.0 Å². The molecule has 5 heteroatoms. The minimum atomic E-state index is 0.712. The maximum Gasteiger partial charge on any atom is 0.205 e. The maximum atomic E-state index is 5.67. The summed E-state index contributed by atoms with van der Waals surface area (Å²) in [5.74, 6) is 1.46. The van der Waals surface area contributed by atoms with Crippen LogP contribution < -0.4 is 0 Å². The Morgan fingerprint density at radius 1 is 1.33 bits per heavy atom. The molecule has 1 aliphatic rings. The van der Waals surface area contributed by atoms with Crippen LogP contribution in [0.2, 0.25) is 0 Å². The van der Waals surface area contributed by atoms with Crippen molar-refractivity contribution in [1.29, 1.82) is 0 Å². The monoisotopic (exact) mass is 278 g/mol. The summed E-state index contributed by atoms with van der Waals surface area (Å²) in [5, 5.41) is 0. The molecular formula is C13H14N2OS2. The van der Waals surface area contributed by atoms with Gasteiger partial charge < -0.3 is 9.32 Å². The van der Waals surface area contributed by atoms with Crippen molar-refractivity contribution in [2.75, 3.05) is 13.1 Å². The largest absolute Gasteiger partial charge is 0.440 e. The predicted octanol–water partition coefficient (Wildman–Crippen LogP) is 3.44. The van der Waals surface area contributed by atoms with Crippen LogP contribution >= 0.6 is 24.0 Å². The molecule has 18 heavy (non-hydrogen) atoms. The Bertz CT molecular complexity index is 528. The van der Waals surface area contributed by atoms with Crippen molar-refractivity contribution in [1.82, 2.24) is 9.88 Å². The summed E-state index contributed by atoms with van der Waals surface area (Å²) >= 11 is 7.06. The molecule has 2 heterocycles. The molecule has 3 nitrogen and oxygen atoms in total. The number of thioether (sulfide) groups is 1. The molecule has 2 aromatic rings. The summed E-state index contributed by atoms with van der Waals surface area (Å²) in [6, 6.07) is 7.83. The number of hydrogen-bond acceptors (Lipinski definition) is 4. The van der Waals surface area contributed by atoms with Crippen LogP contribution in [0.1, 0.15) is 18.7 Å². The van der Waals surface area contributed by atoms with Gasteiger partial charge in [0.1, 0.15) is 9.84 Å². The molecule has 0 bridgehead atoms. The zero-order valence-electron chi connectivity index (χ0n) is 9.96. The molecule has 0 radical (unpaired) electrons. The van der Waals surface area contributed by atoms with Crippen molar-refractivity contribution in [3.05, 3.63) is 30.2 Å². The Hall–Kier alpha value is -1.07. The average Bonchev–Trinajstić information content (AvgIpc) is 3.04. The highest BCUT2D eigenvalue weighted by Crippen LogP contribution is 2.22. The van der Waals surface area contributed by atoms with Gasteiger partial charge in [0.05, 0.1) is 5.75 Å². The van der Waals surface area contributed by atoms with Crippen LogP contribution in [0.4, 0.5) is 0 Å². The second-order valence-corrected chi connectivity index (χ2v) is 5.93. The molecule has 0 N–H and O–H groups in total. The topological polar surface area (TPSA) is 29.3 Å². The van der Waals surface area contributed by atoms with E-state index in [0.717, 1.165) is 34.4 Å². The number of para-hydroxylation sites is 2. The predicted molar refractivity (Wildman–Crippen MR) is 78.7 cm³/mol. The minimum Gasteiger partial charge on any atom is -0.440 e. The van der Waals surface area contributed by atoms with Crippen LogP contribution in [0.15, 0.2) is 28.7 Å². The molecule has 1 aliphatic heterocycles. The van der Waals surface area contributed by atoms with E-state index in [1.807, 2.05) is 24.3 Å². The van der Waals surface area contributed by atoms with Crippen LogP contribution in [-0.2, 0) is 5.75 Å². The van der Waals surface area contributed by atoms with Crippen molar-refractivity contribution in [3.63, 3.8) is 0 Å². The molecule has 0 amide bonds. The third-order valence-electron chi connectivity index (χ3n) is 3.02. The first-order chi connectivity index (χ1) is 8.83. The van der Waals surface area contributed by atoms with Gasteiger partial charge in [-0.15, -0.1) is 0 Å². The number of likely N-dealkylation sites (tertiary alicyclic amines) is 1. The summed E-state index contributed by atoms with van der Waals surface area (Å²) in [5.41, 5.74) is 1.76. The zero-order chi connectivity index (χ0) is 12.4. The van der Waals surface area contributed by atoms with E-state index in [1.54, 1.807) is 11.8 Å². The average molecular weight is 278 g/mol. The number of thiocarbonyl (C=S) groups is 1. The van der Waals surface area contributed by atoms with Gasteiger partial charge in [-0.1, -0.05) is 36.1 Å². The van der Waals surface area contributed by atoms with Crippen LogP contribution in [0, 0.1) is 0 Å². The molecule has 1 fully saturated rings. The molecule has 3 rings (SSSR count). The lowest BCUT2D eigenvalue weighted by Crippen LogP contribution is -2.23. The molecule has 0 unspecified atom stereocenters. The number of nitrogens with zero attached hydrogens (tertiary/aromatic N) is 2. The maximum absolute atomic E-state index is 5.67. The summed E-state index contributed by atoms with van der Waals surface area (Å²) in [4.78, 5) is 6.71. The highest BCUT2D eigenvalue weighted by molar-refractivity contribution is 8.22. The van der Waals surface area contributed by atoms with Crippen LogP contribution in [-0.4, -0.2) is 27.3 Å². The normalized spacial score (nSPS) is 15.4. The third-order valence-corrected chi connectivity index (χ3v) is 4.53. The van der Waals surface area contributed by atoms with Crippen molar-refractivity contribution < 1.29 is 4.42 Å². The third kappa shape index (κ3) is 2.52. The van der Waals surface area contributed by atoms with Crippen LogP contribution in [0.5, 0.6) is 0 Å². The molecular weight excluding hydrogens is 264 g/mol. The first kappa shape index (κ1) is 12.0. The fraction of sp³-hybridized carbons (Fsp3) is 0.385. The standard InChI is InChI=1S/C13H14N2OS2/c17-13(15-7-3-4-8-15)18-9-12-14-10-5-1-2-6-11(10)16-12/h1-2,5-6H,3-4,7-9H2. The highest BCUT2D eigenvalue weighted by atomic mass is 32.2. The van der Waals surface area contributed by atoms with Gasteiger partial charge in [-0.25, -0.2) is 4.98 Å². The lowest BCUT2D eigenvalue weighted by Gasteiger charge is -2.16. The number of rotatable bonds is 2. The van der Waals surface area contributed by atoms with E-state index < -0.39 is 0 Å². The van der Waals surface area contributed by atoms with Gasteiger partial charge >= 0.3 is 0 Å². The fourth-order valence-electron chi connectivity index (χ4n) is 2.10. The molecule has 94 valence electrons. The first-order valence-corrected chi connectivity index (χ1v) is 7.48. The molecule has 1 aromatic carbocycles. The highest BCUT2D eigenvalue weighted by Gasteiger charge is 2.16. The lowest BCUT2D eigenvalue weighted by atomic mass is 10.3. The van der Waals surface area contributed by atoms with Gasteiger partial charge in [0.15, 0.2) is 5.58 Å². The Morgan fingerprint density at radius 3 is 2.89 bits per heavy atom. The number of benzene rings is 1. The van der Waals surface area contributed by atoms with Gasteiger partial charge in [-0.3, -0.25) is 0 Å². The zero-order valence-corrected chi connectivity index (χ0v) is 11.6. The van der Waals surface area contributed by atoms with Gasteiger partial charge in [0, 0.05) is 13.1 Å². The second-order valence-electron chi connectivity index (χ2n) is 4.32. The van der Waals surface area contributed by atoms with Crippen molar-refractivity contribution in [3.8, 4) is 0 Å². The van der Waals surface area contributed by atoms with E-state index >= 15 is 0 Å². The fourth-order valence-corrected chi connectivity index (χ4v) is 3.19. The van der Waals surface area contributed by atoms with E-state index in [0.29, 0.717) is 5.75 Å². The molecule has 0 aliphatic carbocycles. The summed E-state index contributed by atoms with van der Waals surface area (Å²) in [7, 11) is 0. The second kappa shape index (κ2) is 5.28. The van der Waals surface area contributed by atoms with E-state index in [-0.39, 0.29) is 0 Å². The Balaban J connectivity index is 1.63. The summed E-state index contributed by atoms with van der Waals surface area (Å²) in [6.07, 6.45) is 2.51. The SMILES string of the molecule is S=C(SCc1nc2ccccc2o1)N1CCCC1. The Kier molecular flexibility index (Phi) is 3.52. The van der Waals surface area contributed by atoms with Gasteiger partial charge in [-0.2, -0.15) is 0 Å². The van der Waals surface area contributed by atoms with Crippen molar-refractivity contribution >= 4 is 39.4 Å². The van der Waals surface area contributed by atoms with E-state index in [1.165, 1.54) is 12.8 Å². The van der Waals surface area contributed by atoms with Crippen LogP contribution in [0.25, 0.3) is 11.1 Å². The number of hydrogen-bond donors (Lipinski definition) is 0. The smallest absolute Gasteiger partial charge is 0.205 e. The quantitative estimate of drug-likeness (QED) is 0.785. The summed E-state index contributed by atoms with van der Waals surface area (Å²) in [6.45, 7) is 2.19. The molecule has 0 saturated carbocycles. The van der Waals surface area contributed by atoms with Gasteiger partial charge in [0.2, 0.25) is 5.89 Å². The van der Waals surface area contributed by atoms with E-state index in [2.05, 4.69) is 9.88 Å². The molecule has 1 saturated heterocycles. The number of fused-ring (bicyclic) bond motifs is 1. The Morgan fingerprint density at radius 2 is 2.11 bits per heavy atom. The molecule has 0 spiro atoms. The van der Waals surface area contributed by atoms with E-state index in [4.69, 9.17) is 16.6 Å². The number of oxazole rings is 1. The molecule has 1 aromatic heterocycles. The van der Waals surface area contributed by atoms with E-state index in [9.17, 15) is 0 Å². The van der Waals surface area contributed by atoms with Crippen LogP contribution in [0.3, 0.4) is 0 Å².